The van der Waals surface area contributed by atoms with Gasteiger partial charge in [-0.1, -0.05) is 6.07 Å². The highest BCUT2D eigenvalue weighted by atomic mass is 16.7. The number of nitrogens with zero attached hydrogens (tertiary/aromatic N) is 1. The van der Waals surface area contributed by atoms with Gasteiger partial charge in [-0.05, 0) is 61.0 Å². The van der Waals surface area contributed by atoms with Gasteiger partial charge >= 0.3 is 13.2 Å². The zero-order valence-electron chi connectivity index (χ0n) is 18.4. The molecule has 1 aromatic heterocycles. The predicted molar refractivity (Wildman–Crippen MR) is 111 cm³/mol. The number of pyridine rings is 1. The van der Waals surface area contributed by atoms with Crippen LogP contribution in [0.15, 0.2) is 18.3 Å². The Bertz CT molecular complexity index is 713. The molecule has 29 heavy (non-hydrogen) atoms. The van der Waals surface area contributed by atoms with Gasteiger partial charge in [0.1, 0.15) is 11.3 Å². The lowest BCUT2D eigenvalue weighted by molar-refractivity contribution is 0.00578. The van der Waals surface area contributed by atoms with E-state index in [0.717, 1.165) is 5.46 Å². The van der Waals surface area contributed by atoms with Gasteiger partial charge in [-0.25, -0.2) is 4.79 Å². The number of rotatable bonds is 6. The summed E-state index contributed by atoms with van der Waals surface area (Å²) in [5, 5.41) is 5.43. The molecule has 2 amide bonds. The summed E-state index contributed by atoms with van der Waals surface area (Å²) in [5.41, 5.74) is -0.315. The third-order valence-electron chi connectivity index (χ3n) is 4.85. The molecule has 0 spiro atoms. The Balaban J connectivity index is 1.76. The number of alkyl carbamates (subject to hydrolysis) is 1. The molecule has 1 fully saturated rings. The zero-order valence-corrected chi connectivity index (χ0v) is 18.4. The van der Waals surface area contributed by atoms with E-state index in [1.165, 1.54) is 0 Å². The zero-order chi connectivity index (χ0) is 21.9. The van der Waals surface area contributed by atoms with Crippen molar-refractivity contribution in [3.05, 3.63) is 24.0 Å². The molecule has 1 aromatic rings. The number of aromatic nitrogens is 1. The van der Waals surface area contributed by atoms with Gasteiger partial charge in [-0.3, -0.25) is 9.78 Å². The smallest absolute Gasteiger partial charge is 0.444 e. The van der Waals surface area contributed by atoms with E-state index in [-0.39, 0.29) is 5.91 Å². The van der Waals surface area contributed by atoms with E-state index < -0.39 is 30.0 Å². The Morgan fingerprint density at radius 2 is 1.66 bits per heavy atom. The monoisotopic (exact) mass is 405 g/mol. The highest BCUT2D eigenvalue weighted by Crippen LogP contribution is 2.36. The number of hydrogen-bond donors (Lipinski definition) is 2. The molecule has 8 nitrogen and oxygen atoms in total. The Hall–Kier alpha value is -2.13. The Kier molecular flexibility index (Phi) is 6.95. The van der Waals surface area contributed by atoms with Crippen molar-refractivity contribution in [2.75, 3.05) is 13.1 Å². The molecule has 0 radical (unpaired) electrons. The third-order valence-corrected chi connectivity index (χ3v) is 4.85. The van der Waals surface area contributed by atoms with Crippen molar-refractivity contribution in [2.45, 2.75) is 71.7 Å². The van der Waals surface area contributed by atoms with Gasteiger partial charge in [0.25, 0.3) is 5.91 Å². The van der Waals surface area contributed by atoms with Crippen molar-refractivity contribution in [3.8, 4) is 0 Å². The average molecular weight is 405 g/mol. The van der Waals surface area contributed by atoms with Crippen LogP contribution in [0.4, 0.5) is 4.79 Å². The van der Waals surface area contributed by atoms with Crippen molar-refractivity contribution in [2.24, 2.45) is 0 Å². The summed E-state index contributed by atoms with van der Waals surface area (Å²) < 4.78 is 17.1. The van der Waals surface area contributed by atoms with E-state index in [0.29, 0.717) is 25.2 Å². The molecule has 0 aromatic carbocycles. The van der Waals surface area contributed by atoms with Crippen LogP contribution in [0.25, 0.3) is 0 Å². The van der Waals surface area contributed by atoms with Gasteiger partial charge < -0.3 is 24.7 Å². The third kappa shape index (κ3) is 6.43. The van der Waals surface area contributed by atoms with Gasteiger partial charge in [0.05, 0.1) is 11.2 Å². The molecule has 0 atom stereocenters. The van der Waals surface area contributed by atoms with Crippen LogP contribution in [0.2, 0.25) is 0 Å². The van der Waals surface area contributed by atoms with E-state index >= 15 is 0 Å². The fourth-order valence-corrected chi connectivity index (χ4v) is 2.54. The lowest BCUT2D eigenvalue weighted by Crippen LogP contribution is -2.41. The highest BCUT2D eigenvalue weighted by Gasteiger charge is 2.51. The minimum atomic E-state index is -0.532. The summed E-state index contributed by atoms with van der Waals surface area (Å²) in [6.45, 7) is 14.2. The molecule has 0 aliphatic carbocycles. The summed E-state index contributed by atoms with van der Waals surface area (Å²) in [5.74, 6) is -0.275. The standard InChI is InChI=1S/C20H32BN3O5/c1-18(2,3)27-17(26)23-12-8-11-22-16(25)15-10-9-14(13-24-15)21-28-19(4,5)20(6,7)29-21/h9-10,13H,8,11-12H2,1-7H3,(H,22,25)(H,23,26). The number of nitrogens with one attached hydrogen (secondary N) is 2. The van der Waals surface area contributed by atoms with Crippen molar-refractivity contribution < 1.29 is 23.6 Å². The van der Waals surface area contributed by atoms with Crippen LogP contribution in [0.1, 0.15) is 65.4 Å². The fraction of sp³-hybridized carbons (Fsp3) is 0.650. The number of carbonyl (C=O) groups excluding carboxylic acids is 2. The van der Waals surface area contributed by atoms with E-state index in [4.69, 9.17) is 14.0 Å². The molecule has 2 N–H and O–H groups in total. The lowest BCUT2D eigenvalue weighted by Gasteiger charge is -2.32. The summed E-state index contributed by atoms with van der Waals surface area (Å²) in [6, 6.07) is 3.43. The molecular weight excluding hydrogens is 373 g/mol. The van der Waals surface area contributed by atoms with Crippen LogP contribution in [-0.2, 0) is 14.0 Å². The van der Waals surface area contributed by atoms with E-state index in [9.17, 15) is 9.59 Å². The molecule has 0 saturated carbocycles. The minimum Gasteiger partial charge on any atom is -0.444 e. The summed E-state index contributed by atoms with van der Waals surface area (Å²) in [6.07, 6.45) is 1.71. The molecule has 160 valence electrons. The van der Waals surface area contributed by atoms with Crippen LogP contribution >= 0.6 is 0 Å². The van der Waals surface area contributed by atoms with Crippen molar-refractivity contribution >= 4 is 24.6 Å². The number of hydrogen-bond acceptors (Lipinski definition) is 6. The largest absolute Gasteiger partial charge is 0.496 e. The highest BCUT2D eigenvalue weighted by molar-refractivity contribution is 6.62. The Labute approximate surface area is 173 Å². The minimum absolute atomic E-state index is 0.275. The summed E-state index contributed by atoms with van der Waals surface area (Å²) >= 11 is 0. The molecular formula is C20H32BN3O5. The molecule has 1 aliphatic rings. The van der Waals surface area contributed by atoms with Crippen LogP contribution < -0.4 is 16.1 Å². The molecule has 9 heteroatoms. The van der Waals surface area contributed by atoms with Gasteiger partial charge in [-0.15, -0.1) is 0 Å². The first kappa shape index (κ1) is 23.2. The second-order valence-electron chi connectivity index (χ2n) is 9.10. The maximum atomic E-state index is 12.2. The van der Waals surface area contributed by atoms with Crippen molar-refractivity contribution in [1.29, 1.82) is 0 Å². The quantitative estimate of drug-likeness (QED) is 0.555. The van der Waals surface area contributed by atoms with Crippen molar-refractivity contribution in [3.63, 3.8) is 0 Å². The number of ether oxygens (including phenoxy) is 1. The van der Waals surface area contributed by atoms with Crippen LogP contribution in [0, 0.1) is 0 Å². The molecule has 0 bridgehead atoms. The molecule has 2 heterocycles. The van der Waals surface area contributed by atoms with Crippen molar-refractivity contribution in [1.82, 2.24) is 15.6 Å². The predicted octanol–water partition coefficient (Wildman–Crippen LogP) is 2.03. The number of amides is 2. The number of carbonyl (C=O) groups is 2. The fourth-order valence-electron chi connectivity index (χ4n) is 2.54. The average Bonchev–Trinajstić information content (AvgIpc) is 2.80. The Morgan fingerprint density at radius 3 is 2.17 bits per heavy atom. The van der Waals surface area contributed by atoms with Crippen LogP contribution in [0.5, 0.6) is 0 Å². The van der Waals surface area contributed by atoms with E-state index in [2.05, 4.69) is 15.6 Å². The van der Waals surface area contributed by atoms with Gasteiger partial charge in [0.15, 0.2) is 0 Å². The lowest BCUT2D eigenvalue weighted by atomic mass is 9.80. The van der Waals surface area contributed by atoms with E-state index in [1.807, 2.05) is 27.7 Å². The Morgan fingerprint density at radius 1 is 1.07 bits per heavy atom. The molecule has 1 saturated heterocycles. The van der Waals surface area contributed by atoms with Gasteiger partial charge in [0, 0.05) is 24.7 Å². The maximum absolute atomic E-state index is 12.2. The topological polar surface area (TPSA) is 98.8 Å². The molecule has 1 aliphatic heterocycles. The summed E-state index contributed by atoms with van der Waals surface area (Å²) in [7, 11) is -0.511. The second kappa shape index (κ2) is 8.71. The molecule has 2 rings (SSSR count). The normalized spacial score (nSPS) is 17.7. The van der Waals surface area contributed by atoms with E-state index in [1.54, 1.807) is 39.1 Å². The second-order valence-corrected chi connectivity index (χ2v) is 9.10. The van der Waals surface area contributed by atoms with Gasteiger partial charge in [0.2, 0.25) is 0 Å². The summed E-state index contributed by atoms with van der Waals surface area (Å²) in [4.78, 5) is 28.0. The first-order valence-electron chi connectivity index (χ1n) is 9.87. The van der Waals surface area contributed by atoms with Gasteiger partial charge in [-0.2, -0.15) is 0 Å². The van der Waals surface area contributed by atoms with Crippen LogP contribution in [-0.4, -0.2) is 54.0 Å². The first-order valence-corrected chi connectivity index (χ1v) is 9.87. The van der Waals surface area contributed by atoms with Crippen LogP contribution in [0.3, 0.4) is 0 Å². The first-order chi connectivity index (χ1) is 13.3. The maximum Gasteiger partial charge on any atom is 0.496 e. The SMILES string of the molecule is CC(C)(C)OC(=O)NCCCNC(=O)c1ccc(B2OC(C)(C)C(C)(C)O2)cn1. The molecule has 0 unspecified atom stereocenters.